The molecular formula is C33H30N6O3S2. The third-order valence-corrected chi connectivity index (χ3v) is 8.86. The average molecular weight is 623 g/mol. The van der Waals surface area contributed by atoms with E-state index in [9.17, 15) is 9.59 Å². The van der Waals surface area contributed by atoms with Gasteiger partial charge in [-0.2, -0.15) is 5.10 Å². The second kappa shape index (κ2) is 13.7. The minimum atomic E-state index is -0.281. The van der Waals surface area contributed by atoms with Crippen molar-refractivity contribution < 1.29 is 14.3 Å². The van der Waals surface area contributed by atoms with Crippen molar-refractivity contribution in [1.29, 1.82) is 0 Å². The van der Waals surface area contributed by atoms with Crippen molar-refractivity contribution in [2.75, 3.05) is 12.4 Å². The largest absolute Gasteiger partial charge is 0.484 e. The molecule has 44 heavy (non-hydrogen) atoms. The van der Waals surface area contributed by atoms with Gasteiger partial charge in [-0.25, -0.2) is 5.01 Å². The number of ether oxygens (including phenoxy) is 1. The predicted molar refractivity (Wildman–Crippen MR) is 172 cm³/mol. The first-order chi connectivity index (χ1) is 21.5. The van der Waals surface area contributed by atoms with Gasteiger partial charge in [0.15, 0.2) is 17.6 Å². The molecule has 3 heterocycles. The minimum absolute atomic E-state index is 0.117. The van der Waals surface area contributed by atoms with Gasteiger partial charge in [-0.3, -0.25) is 14.2 Å². The van der Waals surface area contributed by atoms with Crippen LogP contribution in [-0.2, 0) is 16.1 Å². The van der Waals surface area contributed by atoms with Gasteiger partial charge >= 0.3 is 0 Å². The van der Waals surface area contributed by atoms with Crippen molar-refractivity contribution in [3.05, 3.63) is 124 Å². The summed E-state index contributed by atoms with van der Waals surface area (Å²) >= 11 is 2.91. The van der Waals surface area contributed by atoms with E-state index in [1.165, 1.54) is 11.8 Å². The van der Waals surface area contributed by atoms with Crippen molar-refractivity contribution in [1.82, 2.24) is 25.1 Å². The van der Waals surface area contributed by atoms with Crippen LogP contribution in [0.5, 0.6) is 5.75 Å². The monoisotopic (exact) mass is 622 g/mol. The second-order valence-electron chi connectivity index (χ2n) is 10.1. The van der Waals surface area contributed by atoms with Gasteiger partial charge in [0.05, 0.1) is 28.9 Å². The van der Waals surface area contributed by atoms with E-state index in [4.69, 9.17) is 9.84 Å². The molecule has 0 bridgehead atoms. The molecule has 2 aromatic heterocycles. The second-order valence-corrected chi connectivity index (χ2v) is 12.0. The first kappa shape index (κ1) is 29.3. The molecule has 222 valence electrons. The number of carbonyl (C=O) groups is 2. The average Bonchev–Trinajstić information content (AvgIpc) is 3.83. The van der Waals surface area contributed by atoms with Crippen LogP contribution in [0.4, 0.5) is 0 Å². The number of benzene rings is 3. The summed E-state index contributed by atoms with van der Waals surface area (Å²) in [6.07, 6.45) is 0.651. The summed E-state index contributed by atoms with van der Waals surface area (Å²) in [6.45, 7) is 2.07. The lowest BCUT2D eigenvalue weighted by molar-refractivity contribution is -0.130. The van der Waals surface area contributed by atoms with E-state index in [0.29, 0.717) is 23.2 Å². The summed E-state index contributed by atoms with van der Waals surface area (Å²) in [6, 6.07) is 30.9. The van der Waals surface area contributed by atoms with E-state index in [1.807, 2.05) is 77.5 Å². The number of thiophene rings is 1. The van der Waals surface area contributed by atoms with Crippen molar-refractivity contribution in [3.8, 4) is 11.4 Å². The number of aryl methyl sites for hydroxylation is 1. The summed E-state index contributed by atoms with van der Waals surface area (Å²) < 4.78 is 7.42. The highest BCUT2D eigenvalue weighted by atomic mass is 32.2. The molecular weight excluding hydrogens is 593 g/mol. The zero-order chi connectivity index (χ0) is 30.3. The van der Waals surface area contributed by atoms with Crippen LogP contribution >= 0.6 is 23.1 Å². The number of nitrogens with one attached hydrogen (secondary N) is 1. The number of thioether (sulfide) groups is 1. The number of carbonyl (C=O) groups excluding carboxylic acids is 2. The van der Waals surface area contributed by atoms with Crippen LogP contribution in [0.15, 0.2) is 113 Å². The topological polar surface area (TPSA) is 102 Å². The Morgan fingerprint density at radius 3 is 2.43 bits per heavy atom. The predicted octanol–water partition coefficient (Wildman–Crippen LogP) is 5.80. The number of aromatic nitrogens is 3. The van der Waals surface area contributed by atoms with Crippen LogP contribution < -0.4 is 10.1 Å². The third-order valence-electron chi connectivity index (χ3n) is 7.03. The number of para-hydroxylation sites is 2. The summed E-state index contributed by atoms with van der Waals surface area (Å²) in [4.78, 5) is 27.3. The van der Waals surface area contributed by atoms with Gasteiger partial charge in [-0.15, -0.1) is 21.5 Å². The van der Waals surface area contributed by atoms with Crippen LogP contribution in [0, 0.1) is 6.92 Å². The number of hydrogen-bond donors (Lipinski definition) is 1. The molecule has 11 heteroatoms. The molecule has 0 saturated carbocycles. The Kier molecular flexibility index (Phi) is 9.14. The van der Waals surface area contributed by atoms with Gasteiger partial charge in [0.2, 0.25) is 0 Å². The Hall–Kier alpha value is -4.74. The van der Waals surface area contributed by atoms with Gasteiger partial charge in [-0.1, -0.05) is 84.1 Å². The maximum absolute atomic E-state index is 13.7. The van der Waals surface area contributed by atoms with Gasteiger partial charge in [0.1, 0.15) is 5.75 Å². The van der Waals surface area contributed by atoms with Crippen molar-refractivity contribution in [2.24, 2.45) is 5.10 Å². The molecule has 1 N–H and O–H groups in total. The van der Waals surface area contributed by atoms with Crippen LogP contribution in [0.3, 0.4) is 0 Å². The standard InChI is InChI=1S/C33H30N6O3S2/c1-23-14-16-24(17-15-23)28-19-27(29-13-8-18-43-29)37-39(28)32(41)22-44-33-36-35-30(38(33)25-9-4-2-5-10-25)20-34-31(40)21-42-26-11-6-3-7-12-26/h2-18,28H,19-22H2,1H3,(H,34,40). The first-order valence-electron chi connectivity index (χ1n) is 14.1. The molecule has 1 aliphatic rings. The molecule has 1 atom stereocenters. The Balaban J connectivity index is 1.17. The summed E-state index contributed by atoms with van der Waals surface area (Å²) in [5.74, 6) is 0.870. The quantitative estimate of drug-likeness (QED) is 0.187. The van der Waals surface area contributed by atoms with Crippen LogP contribution in [0.25, 0.3) is 5.69 Å². The normalized spacial score (nSPS) is 14.3. The molecule has 5 aromatic rings. The van der Waals surface area contributed by atoms with Gasteiger partial charge in [0.25, 0.3) is 11.8 Å². The molecule has 0 aliphatic carbocycles. The highest BCUT2D eigenvalue weighted by molar-refractivity contribution is 7.99. The molecule has 0 spiro atoms. The minimum Gasteiger partial charge on any atom is -0.484 e. The third kappa shape index (κ3) is 6.90. The van der Waals surface area contributed by atoms with E-state index in [-0.39, 0.29) is 36.8 Å². The van der Waals surface area contributed by atoms with Gasteiger partial charge in [0, 0.05) is 12.1 Å². The zero-order valence-corrected chi connectivity index (χ0v) is 25.6. The summed E-state index contributed by atoms with van der Waals surface area (Å²) in [5.41, 5.74) is 3.95. The lowest BCUT2D eigenvalue weighted by Gasteiger charge is -2.22. The number of hydrazone groups is 1. The Bertz CT molecular complexity index is 1740. The van der Waals surface area contributed by atoms with Gasteiger partial charge < -0.3 is 10.1 Å². The molecule has 0 fully saturated rings. The van der Waals surface area contributed by atoms with Crippen molar-refractivity contribution in [2.45, 2.75) is 31.1 Å². The summed E-state index contributed by atoms with van der Waals surface area (Å²) in [7, 11) is 0. The van der Waals surface area contributed by atoms with Crippen molar-refractivity contribution >= 4 is 40.6 Å². The van der Waals surface area contributed by atoms with E-state index in [1.54, 1.807) is 28.5 Å². The lowest BCUT2D eigenvalue weighted by atomic mass is 10.00. The number of nitrogens with zero attached hydrogens (tertiary/aromatic N) is 5. The summed E-state index contributed by atoms with van der Waals surface area (Å²) in [5, 5.41) is 20.6. The van der Waals surface area contributed by atoms with E-state index in [2.05, 4.69) is 39.8 Å². The molecule has 0 saturated heterocycles. The van der Waals surface area contributed by atoms with Gasteiger partial charge in [-0.05, 0) is 48.2 Å². The molecule has 6 rings (SSSR count). The Morgan fingerprint density at radius 1 is 0.955 bits per heavy atom. The first-order valence-corrected chi connectivity index (χ1v) is 16.0. The zero-order valence-electron chi connectivity index (χ0n) is 24.0. The van der Waals surface area contributed by atoms with Crippen LogP contribution in [-0.4, -0.2) is 49.7 Å². The SMILES string of the molecule is Cc1ccc(C2CC(c3cccs3)=NN2C(=O)CSc2nnc(CNC(=O)COc3ccccc3)n2-c2ccccc2)cc1. The van der Waals surface area contributed by atoms with Crippen LogP contribution in [0.1, 0.15) is 34.3 Å². The molecule has 2 amide bonds. The molecule has 9 nitrogen and oxygen atoms in total. The molecule has 0 radical (unpaired) electrons. The van der Waals surface area contributed by atoms with Crippen LogP contribution in [0.2, 0.25) is 0 Å². The molecule has 1 aliphatic heterocycles. The van der Waals surface area contributed by atoms with E-state index >= 15 is 0 Å². The fraction of sp³-hybridized carbons (Fsp3) is 0.182. The lowest BCUT2D eigenvalue weighted by Crippen LogP contribution is -2.29. The Morgan fingerprint density at radius 2 is 1.70 bits per heavy atom. The number of hydrogen-bond acceptors (Lipinski definition) is 8. The van der Waals surface area contributed by atoms with Crippen molar-refractivity contribution in [3.63, 3.8) is 0 Å². The smallest absolute Gasteiger partial charge is 0.258 e. The maximum Gasteiger partial charge on any atom is 0.258 e. The highest BCUT2D eigenvalue weighted by Gasteiger charge is 2.33. The Labute approximate surface area is 263 Å². The maximum atomic E-state index is 13.7. The number of amides is 2. The highest BCUT2D eigenvalue weighted by Crippen LogP contribution is 2.35. The fourth-order valence-corrected chi connectivity index (χ4v) is 6.36. The molecule has 1 unspecified atom stereocenters. The van der Waals surface area contributed by atoms with E-state index < -0.39 is 0 Å². The number of rotatable bonds is 11. The fourth-order valence-electron chi connectivity index (χ4n) is 4.81. The molecule has 3 aromatic carbocycles. The van der Waals surface area contributed by atoms with E-state index in [0.717, 1.165) is 27.4 Å².